The summed E-state index contributed by atoms with van der Waals surface area (Å²) in [5.41, 5.74) is -0.439. The molecule has 9 heteroatoms. The zero-order chi connectivity index (χ0) is 19.6. The van der Waals surface area contributed by atoms with Crippen LogP contribution in [-0.4, -0.2) is 33.1 Å². The van der Waals surface area contributed by atoms with Gasteiger partial charge in [-0.15, -0.1) is 4.68 Å². The first-order valence-electron chi connectivity index (χ1n) is 7.84. The summed E-state index contributed by atoms with van der Waals surface area (Å²) < 4.78 is 6.79. The number of aromatic nitrogens is 2. The molecule has 0 radical (unpaired) electrons. The van der Waals surface area contributed by atoms with Crippen LogP contribution in [0.25, 0.3) is 10.9 Å². The predicted molar refractivity (Wildman–Crippen MR) is 104 cm³/mol. The van der Waals surface area contributed by atoms with Crippen molar-refractivity contribution in [3.63, 3.8) is 0 Å². The monoisotopic (exact) mass is 431 g/mol. The van der Waals surface area contributed by atoms with Gasteiger partial charge < -0.3 is 14.8 Å². The molecule has 3 aromatic rings. The lowest BCUT2D eigenvalue weighted by Gasteiger charge is -2.12. The molecule has 0 fully saturated rings. The van der Waals surface area contributed by atoms with Crippen LogP contribution < -0.4 is 16.0 Å². The van der Waals surface area contributed by atoms with E-state index in [4.69, 9.17) is 9.84 Å². The molecule has 0 saturated carbocycles. The molecule has 2 N–H and O–H groups in total. The number of nitrogens with one attached hydrogen (secondary N) is 1. The summed E-state index contributed by atoms with van der Waals surface area (Å²) in [4.78, 5) is 38.3. The highest BCUT2D eigenvalue weighted by Crippen LogP contribution is 2.23. The lowest BCUT2D eigenvalue weighted by molar-refractivity contribution is -0.144. The van der Waals surface area contributed by atoms with Crippen molar-refractivity contribution < 1.29 is 14.6 Å². The van der Waals surface area contributed by atoms with Gasteiger partial charge in [0.05, 0.1) is 17.1 Å². The smallest absolute Gasteiger partial charge is 0.349 e. The van der Waals surface area contributed by atoms with Crippen LogP contribution in [0, 0.1) is 0 Å². The number of para-hydroxylation sites is 1. The summed E-state index contributed by atoms with van der Waals surface area (Å²) in [5.74, 6) is -0.870. The Morgan fingerprint density at radius 1 is 1.30 bits per heavy atom. The minimum atomic E-state index is -1.12. The summed E-state index contributed by atoms with van der Waals surface area (Å²) >= 11 is 3.31. The van der Waals surface area contributed by atoms with Crippen molar-refractivity contribution in [3.8, 4) is 5.75 Å². The largest absolute Gasteiger partial charge is 0.479 e. The van der Waals surface area contributed by atoms with Crippen molar-refractivity contribution >= 4 is 39.0 Å². The molecule has 1 atom stereocenters. The fourth-order valence-corrected chi connectivity index (χ4v) is 2.73. The van der Waals surface area contributed by atoms with Gasteiger partial charge in [0.15, 0.2) is 6.10 Å². The summed E-state index contributed by atoms with van der Waals surface area (Å²) in [6, 6.07) is 11.5. The maximum Gasteiger partial charge on any atom is 0.349 e. The van der Waals surface area contributed by atoms with Crippen molar-refractivity contribution in [2.75, 3.05) is 0 Å². The number of fused-ring (bicyclic) bond motifs is 1. The molecule has 8 nitrogen and oxygen atoms in total. The number of hydrogen-bond acceptors (Lipinski definition) is 5. The van der Waals surface area contributed by atoms with Gasteiger partial charge >= 0.3 is 11.7 Å². The Bertz CT molecular complexity index is 1170. The number of halogens is 1. The summed E-state index contributed by atoms with van der Waals surface area (Å²) in [6.07, 6.45) is 0.185. The third-order valence-corrected chi connectivity index (χ3v) is 4.21. The maximum absolute atomic E-state index is 12.5. The SMILES string of the molecule is C[C@@H](Oc1ccc(Br)cc1C=Nn1c(=O)[nH]c2ccccc2c1=O)C(=O)O. The molecule has 1 aromatic heterocycles. The highest BCUT2D eigenvalue weighted by molar-refractivity contribution is 9.10. The highest BCUT2D eigenvalue weighted by atomic mass is 79.9. The van der Waals surface area contributed by atoms with Gasteiger partial charge in [-0.2, -0.15) is 5.10 Å². The number of rotatable bonds is 5. The van der Waals surface area contributed by atoms with Gasteiger partial charge in [-0.3, -0.25) is 4.79 Å². The van der Waals surface area contributed by atoms with Gasteiger partial charge in [0, 0.05) is 10.0 Å². The second-order valence-electron chi connectivity index (χ2n) is 5.62. The number of aliphatic carboxylic acids is 1. The fraction of sp³-hybridized carbons (Fsp3) is 0.111. The van der Waals surface area contributed by atoms with E-state index in [1.807, 2.05) is 0 Å². The lowest BCUT2D eigenvalue weighted by Crippen LogP contribution is -2.32. The predicted octanol–water partition coefficient (Wildman–Crippen LogP) is 2.19. The van der Waals surface area contributed by atoms with E-state index in [0.29, 0.717) is 25.6 Å². The molecule has 2 aromatic carbocycles. The molecule has 0 bridgehead atoms. The van der Waals surface area contributed by atoms with Crippen molar-refractivity contribution in [3.05, 3.63) is 73.3 Å². The number of benzene rings is 2. The minimum Gasteiger partial charge on any atom is -0.479 e. The van der Waals surface area contributed by atoms with E-state index < -0.39 is 23.3 Å². The van der Waals surface area contributed by atoms with Crippen LogP contribution >= 0.6 is 15.9 Å². The molecular formula is C18H14BrN3O5. The van der Waals surface area contributed by atoms with Crippen LogP contribution in [0.5, 0.6) is 5.75 Å². The van der Waals surface area contributed by atoms with Crippen LogP contribution in [0.4, 0.5) is 0 Å². The minimum absolute atomic E-state index is 0.252. The standard InChI is InChI=1S/C18H14BrN3O5/c1-10(17(24)25)27-15-7-6-12(19)8-11(15)9-20-22-16(23)13-4-2-3-5-14(13)21-18(22)26/h2-10H,1H3,(H,21,26)(H,24,25)/t10-/m1/s1. The fourth-order valence-electron chi connectivity index (χ4n) is 2.35. The third kappa shape index (κ3) is 3.98. The Morgan fingerprint density at radius 3 is 2.78 bits per heavy atom. The van der Waals surface area contributed by atoms with Crippen molar-refractivity contribution in [1.82, 2.24) is 9.66 Å². The Morgan fingerprint density at radius 2 is 2.04 bits per heavy atom. The number of nitrogens with zero attached hydrogens (tertiary/aromatic N) is 2. The second kappa shape index (κ2) is 7.58. The number of ether oxygens (including phenoxy) is 1. The van der Waals surface area contributed by atoms with Crippen LogP contribution in [0.3, 0.4) is 0 Å². The molecule has 0 aliphatic heterocycles. The number of hydrogen-bond donors (Lipinski definition) is 2. The molecule has 1 heterocycles. The van der Waals surface area contributed by atoms with Crippen molar-refractivity contribution in [2.45, 2.75) is 13.0 Å². The first-order valence-corrected chi connectivity index (χ1v) is 8.63. The van der Waals surface area contributed by atoms with Gasteiger partial charge in [-0.1, -0.05) is 28.1 Å². The van der Waals surface area contributed by atoms with E-state index in [-0.39, 0.29) is 5.75 Å². The van der Waals surface area contributed by atoms with Crippen LogP contribution in [0.1, 0.15) is 12.5 Å². The van der Waals surface area contributed by atoms with Crippen LogP contribution in [0.15, 0.2) is 61.6 Å². The zero-order valence-corrected chi connectivity index (χ0v) is 15.6. The normalized spacial score (nSPS) is 12.4. The topological polar surface area (TPSA) is 114 Å². The van der Waals surface area contributed by atoms with E-state index in [9.17, 15) is 14.4 Å². The Hall–Kier alpha value is -3.20. The molecule has 27 heavy (non-hydrogen) atoms. The quantitative estimate of drug-likeness (QED) is 0.600. The number of carbonyl (C=O) groups is 1. The van der Waals surface area contributed by atoms with Gasteiger partial charge in [0.25, 0.3) is 5.56 Å². The highest BCUT2D eigenvalue weighted by Gasteiger charge is 2.15. The number of H-pyrrole nitrogens is 1. The Kier molecular flexibility index (Phi) is 5.22. The van der Waals surface area contributed by atoms with E-state index in [1.54, 1.807) is 42.5 Å². The van der Waals surface area contributed by atoms with Crippen LogP contribution in [0.2, 0.25) is 0 Å². The van der Waals surface area contributed by atoms with E-state index in [2.05, 4.69) is 26.0 Å². The number of carboxylic acids is 1. The van der Waals surface area contributed by atoms with Gasteiger partial charge in [0.2, 0.25) is 0 Å². The molecular weight excluding hydrogens is 418 g/mol. The maximum atomic E-state index is 12.5. The molecule has 138 valence electrons. The van der Waals surface area contributed by atoms with Crippen molar-refractivity contribution in [1.29, 1.82) is 0 Å². The lowest BCUT2D eigenvalue weighted by atomic mass is 10.2. The average molecular weight is 432 g/mol. The Balaban J connectivity index is 2.05. The molecule has 3 rings (SSSR count). The zero-order valence-electron chi connectivity index (χ0n) is 14.0. The third-order valence-electron chi connectivity index (χ3n) is 3.72. The van der Waals surface area contributed by atoms with Gasteiger partial charge in [-0.25, -0.2) is 9.59 Å². The number of carboxylic acid groups (broad SMARTS) is 1. The Labute approximate surface area is 160 Å². The molecule has 0 amide bonds. The first-order chi connectivity index (χ1) is 12.9. The molecule has 0 unspecified atom stereocenters. The van der Waals surface area contributed by atoms with Gasteiger partial charge in [-0.05, 0) is 37.3 Å². The average Bonchev–Trinajstić information content (AvgIpc) is 2.63. The summed E-state index contributed by atoms with van der Waals surface area (Å²) in [6.45, 7) is 1.39. The first kappa shape index (κ1) is 18.6. The molecule has 0 saturated heterocycles. The van der Waals surface area contributed by atoms with E-state index >= 15 is 0 Å². The molecule has 0 aliphatic rings. The van der Waals surface area contributed by atoms with E-state index in [1.165, 1.54) is 13.1 Å². The number of aromatic amines is 1. The molecule has 0 aliphatic carbocycles. The molecule has 0 spiro atoms. The van der Waals surface area contributed by atoms with E-state index in [0.717, 1.165) is 0 Å². The van der Waals surface area contributed by atoms with Crippen molar-refractivity contribution in [2.24, 2.45) is 5.10 Å². The summed E-state index contributed by atoms with van der Waals surface area (Å²) in [7, 11) is 0. The summed E-state index contributed by atoms with van der Waals surface area (Å²) in [5, 5.41) is 13.3. The van der Waals surface area contributed by atoms with Gasteiger partial charge in [0.1, 0.15) is 5.75 Å². The second-order valence-corrected chi connectivity index (χ2v) is 6.53. The van der Waals surface area contributed by atoms with Crippen LogP contribution in [-0.2, 0) is 4.79 Å².